The number of rotatable bonds is 7. The Morgan fingerprint density at radius 3 is 2.68 bits per heavy atom. The lowest BCUT2D eigenvalue weighted by Gasteiger charge is -2.15. The van der Waals surface area contributed by atoms with Gasteiger partial charge in [-0.1, -0.05) is 23.7 Å². The van der Waals surface area contributed by atoms with Gasteiger partial charge in [-0.25, -0.2) is 8.42 Å². The van der Waals surface area contributed by atoms with Gasteiger partial charge < -0.3 is 9.26 Å². The highest BCUT2D eigenvalue weighted by atomic mass is 35.5. The van der Waals surface area contributed by atoms with E-state index in [9.17, 15) is 13.2 Å². The maximum absolute atomic E-state index is 13.0. The summed E-state index contributed by atoms with van der Waals surface area (Å²) in [6, 6.07) is 2.88. The van der Waals surface area contributed by atoms with Gasteiger partial charge in [0, 0.05) is 17.7 Å². The van der Waals surface area contributed by atoms with Gasteiger partial charge in [0.25, 0.3) is 0 Å². The predicted molar refractivity (Wildman–Crippen MR) is 92.3 cm³/mol. The molecular formula is C17H18ClNO5S. The first-order valence-electron chi connectivity index (χ1n) is 7.99. The van der Waals surface area contributed by atoms with E-state index in [0.717, 1.165) is 19.1 Å². The van der Waals surface area contributed by atoms with Crippen LogP contribution in [0.3, 0.4) is 0 Å². The highest BCUT2D eigenvalue weighted by Gasteiger charge is 2.35. The number of carbonyl (C=O) groups excluding carboxylic acids is 1. The fourth-order valence-corrected chi connectivity index (χ4v) is 3.96. The van der Waals surface area contributed by atoms with Gasteiger partial charge in [-0.05, 0) is 31.4 Å². The maximum atomic E-state index is 13.0. The van der Waals surface area contributed by atoms with Crippen LogP contribution >= 0.6 is 11.6 Å². The van der Waals surface area contributed by atoms with Crippen molar-refractivity contribution < 1.29 is 22.5 Å². The zero-order valence-corrected chi connectivity index (χ0v) is 15.5. The number of halogens is 1. The van der Waals surface area contributed by atoms with Crippen LogP contribution in [0, 0.1) is 0 Å². The first-order chi connectivity index (χ1) is 11.8. The van der Waals surface area contributed by atoms with Gasteiger partial charge in [0.05, 0.1) is 23.4 Å². The lowest BCUT2D eigenvalue weighted by Crippen LogP contribution is -2.13. The summed E-state index contributed by atoms with van der Waals surface area (Å²) in [5.41, 5.74) is 0.305. The molecule has 0 unspecified atom stereocenters. The molecule has 1 aromatic heterocycles. The van der Waals surface area contributed by atoms with Gasteiger partial charge in [-0.2, -0.15) is 0 Å². The summed E-state index contributed by atoms with van der Waals surface area (Å²) in [5.74, 6) is 0.240. The van der Waals surface area contributed by atoms with Crippen molar-refractivity contribution in [3.8, 4) is 5.75 Å². The minimum atomic E-state index is -3.75. The quantitative estimate of drug-likeness (QED) is 0.678. The Morgan fingerprint density at radius 2 is 2.08 bits per heavy atom. The number of benzene rings is 1. The molecule has 1 aliphatic carbocycles. The Hall–Kier alpha value is -1.86. The SMILES string of the molecule is CCCOc1c(Cl)ccc(C(=O)c2cnoc2C2CC2)c1S(C)(=O)=O. The zero-order chi connectivity index (χ0) is 18.2. The fourth-order valence-electron chi connectivity index (χ4n) is 2.63. The van der Waals surface area contributed by atoms with E-state index in [1.165, 1.54) is 18.3 Å². The second-order valence-corrected chi connectivity index (χ2v) is 8.44. The number of ether oxygens (including phenoxy) is 1. The van der Waals surface area contributed by atoms with Crippen molar-refractivity contribution in [2.75, 3.05) is 12.9 Å². The minimum Gasteiger partial charge on any atom is -0.491 e. The molecule has 1 aliphatic rings. The van der Waals surface area contributed by atoms with Crippen molar-refractivity contribution in [2.24, 2.45) is 0 Å². The number of sulfone groups is 1. The summed E-state index contributed by atoms with van der Waals surface area (Å²) in [6.07, 6.45) is 4.90. The Morgan fingerprint density at radius 1 is 1.36 bits per heavy atom. The normalized spacial score (nSPS) is 14.5. The van der Waals surface area contributed by atoms with Crippen LogP contribution in [0.2, 0.25) is 5.02 Å². The lowest BCUT2D eigenvalue weighted by molar-refractivity contribution is 0.103. The largest absolute Gasteiger partial charge is 0.491 e. The van der Waals surface area contributed by atoms with Gasteiger partial charge >= 0.3 is 0 Å². The Balaban J connectivity index is 2.15. The average molecular weight is 384 g/mol. The van der Waals surface area contributed by atoms with E-state index >= 15 is 0 Å². The standard InChI is InChI=1S/C17H18ClNO5S/c1-3-8-23-16-13(18)7-6-11(17(16)25(2,21)22)14(20)12-9-19-24-15(12)10-4-5-10/h6-7,9-10H,3-5,8H2,1-2H3. The molecule has 1 heterocycles. The Kier molecular flexibility index (Phi) is 4.88. The van der Waals surface area contributed by atoms with Gasteiger partial charge in [-0.3, -0.25) is 4.79 Å². The second kappa shape index (κ2) is 6.80. The number of ketones is 1. The van der Waals surface area contributed by atoms with Gasteiger partial charge in [0.1, 0.15) is 4.90 Å². The van der Waals surface area contributed by atoms with Crippen LogP contribution in [0.5, 0.6) is 5.75 Å². The summed E-state index contributed by atoms with van der Waals surface area (Å²) in [6.45, 7) is 2.18. The van der Waals surface area contributed by atoms with E-state index < -0.39 is 15.6 Å². The van der Waals surface area contributed by atoms with Crippen molar-refractivity contribution in [2.45, 2.75) is 37.0 Å². The van der Waals surface area contributed by atoms with Crippen molar-refractivity contribution in [3.05, 3.63) is 40.2 Å². The molecule has 1 saturated carbocycles. The van der Waals surface area contributed by atoms with Crippen molar-refractivity contribution in [1.82, 2.24) is 5.16 Å². The van der Waals surface area contributed by atoms with Crippen molar-refractivity contribution in [1.29, 1.82) is 0 Å². The van der Waals surface area contributed by atoms with Crippen LogP contribution in [-0.2, 0) is 9.84 Å². The lowest BCUT2D eigenvalue weighted by atomic mass is 10.0. The Bertz CT molecular complexity index is 915. The number of aromatic nitrogens is 1. The summed E-state index contributed by atoms with van der Waals surface area (Å²) >= 11 is 6.13. The average Bonchev–Trinajstić information content (AvgIpc) is 3.28. The molecule has 3 rings (SSSR count). The third kappa shape index (κ3) is 3.57. The fraction of sp³-hybridized carbons (Fsp3) is 0.412. The van der Waals surface area contributed by atoms with Gasteiger partial charge in [-0.15, -0.1) is 0 Å². The van der Waals surface area contributed by atoms with E-state index in [-0.39, 0.29) is 32.7 Å². The summed E-state index contributed by atoms with van der Waals surface area (Å²) < 4.78 is 35.5. The number of carbonyl (C=O) groups is 1. The topological polar surface area (TPSA) is 86.5 Å². The molecule has 8 heteroatoms. The summed E-state index contributed by atoms with van der Waals surface area (Å²) in [7, 11) is -3.75. The summed E-state index contributed by atoms with van der Waals surface area (Å²) in [5, 5.41) is 3.86. The van der Waals surface area contributed by atoms with Gasteiger partial charge in [0.15, 0.2) is 27.1 Å². The van der Waals surface area contributed by atoms with Crippen LogP contribution < -0.4 is 4.74 Å². The van der Waals surface area contributed by atoms with Crippen LogP contribution in [0.25, 0.3) is 0 Å². The molecule has 6 nitrogen and oxygen atoms in total. The monoisotopic (exact) mass is 383 g/mol. The summed E-state index contributed by atoms with van der Waals surface area (Å²) in [4.78, 5) is 12.8. The van der Waals surface area contributed by atoms with Crippen molar-refractivity contribution >= 4 is 27.2 Å². The molecular weight excluding hydrogens is 366 g/mol. The molecule has 134 valence electrons. The number of hydrogen-bond donors (Lipinski definition) is 0. The van der Waals surface area contributed by atoms with E-state index in [2.05, 4.69) is 5.16 Å². The molecule has 0 atom stereocenters. The molecule has 0 saturated heterocycles. The molecule has 2 aromatic rings. The molecule has 0 N–H and O–H groups in total. The highest BCUT2D eigenvalue weighted by molar-refractivity contribution is 7.91. The van der Waals surface area contributed by atoms with Crippen LogP contribution in [-0.4, -0.2) is 32.2 Å². The van der Waals surface area contributed by atoms with E-state index in [4.69, 9.17) is 20.9 Å². The van der Waals surface area contributed by atoms with E-state index in [1.54, 1.807) is 0 Å². The minimum absolute atomic E-state index is 0.0151. The third-order valence-electron chi connectivity index (χ3n) is 3.92. The van der Waals surface area contributed by atoms with Gasteiger partial charge in [0.2, 0.25) is 0 Å². The molecule has 25 heavy (non-hydrogen) atoms. The van der Waals surface area contributed by atoms with E-state index in [0.29, 0.717) is 18.8 Å². The van der Waals surface area contributed by atoms with Crippen LogP contribution in [0.15, 0.2) is 27.7 Å². The third-order valence-corrected chi connectivity index (χ3v) is 5.37. The molecule has 1 aromatic carbocycles. The second-order valence-electron chi connectivity index (χ2n) is 6.08. The smallest absolute Gasteiger partial charge is 0.199 e. The molecule has 0 aliphatic heterocycles. The van der Waals surface area contributed by atoms with Crippen LogP contribution in [0.1, 0.15) is 53.8 Å². The zero-order valence-electron chi connectivity index (χ0n) is 13.9. The molecule has 0 bridgehead atoms. The Labute approximate surface area is 151 Å². The molecule has 0 spiro atoms. The highest BCUT2D eigenvalue weighted by Crippen LogP contribution is 2.43. The molecule has 0 radical (unpaired) electrons. The maximum Gasteiger partial charge on any atom is 0.199 e. The first-order valence-corrected chi connectivity index (χ1v) is 10.3. The van der Waals surface area contributed by atoms with E-state index in [1.807, 2.05) is 6.92 Å². The molecule has 0 amide bonds. The van der Waals surface area contributed by atoms with Crippen molar-refractivity contribution in [3.63, 3.8) is 0 Å². The number of nitrogens with zero attached hydrogens (tertiary/aromatic N) is 1. The number of hydrogen-bond acceptors (Lipinski definition) is 6. The predicted octanol–water partition coefficient (Wildman–Crippen LogP) is 3.63. The molecule has 1 fully saturated rings. The van der Waals surface area contributed by atoms with Crippen LogP contribution in [0.4, 0.5) is 0 Å². The first kappa shape index (κ1) is 17.9.